The topological polar surface area (TPSA) is 72.7 Å². The molecule has 1 aliphatic rings. The maximum absolute atomic E-state index is 6.39. The van der Waals surface area contributed by atoms with Crippen LogP contribution < -0.4 is 20.2 Å². The highest BCUT2D eigenvalue weighted by Crippen LogP contribution is 2.32. The third-order valence-corrected chi connectivity index (χ3v) is 4.53. The number of benzene rings is 1. The van der Waals surface area contributed by atoms with E-state index >= 15 is 0 Å². The highest BCUT2D eigenvalue weighted by Gasteiger charge is 2.14. The summed E-state index contributed by atoms with van der Waals surface area (Å²) in [5, 5.41) is 12.7. The Balaban J connectivity index is 1.52. The molecular weight excluding hydrogens is 386 g/mol. The molecule has 0 bridgehead atoms. The summed E-state index contributed by atoms with van der Waals surface area (Å²) in [6.45, 7) is 7.71. The Morgan fingerprint density at radius 2 is 2.19 bits per heavy atom. The van der Waals surface area contributed by atoms with E-state index in [-0.39, 0.29) is 6.79 Å². The van der Waals surface area contributed by atoms with Gasteiger partial charge in [0.15, 0.2) is 16.6 Å². The predicted molar refractivity (Wildman–Crippen MR) is 110 cm³/mol. The van der Waals surface area contributed by atoms with Crippen molar-refractivity contribution in [1.82, 2.24) is 20.5 Å². The van der Waals surface area contributed by atoms with Crippen LogP contribution >= 0.6 is 23.8 Å². The first-order valence-electron chi connectivity index (χ1n) is 8.62. The molecule has 3 rings (SSSR count). The van der Waals surface area contributed by atoms with Gasteiger partial charge in [-0.3, -0.25) is 10.1 Å². The van der Waals surface area contributed by atoms with Gasteiger partial charge in [0, 0.05) is 13.1 Å². The van der Waals surface area contributed by atoms with E-state index in [0.717, 1.165) is 34.9 Å². The molecule has 7 nitrogen and oxygen atoms in total. The first-order chi connectivity index (χ1) is 12.9. The molecule has 0 fully saturated rings. The molecule has 144 valence electrons. The zero-order valence-corrected chi connectivity index (χ0v) is 17.0. The minimum absolute atomic E-state index is 0.261. The lowest BCUT2D eigenvalue weighted by molar-refractivity contribution is 0.174. The molecule has 0 saturated carbocycles. The van der Waals surface area contributed by atoms with Crippen molar-refractivity contribution in [1.29, 1.82) is 0 Å². The number of ether oxygens (including phenoxy) is 2. The fourth-order valence-corrected chi connectivity index (χ4v) is 3.03. The zero-order valence-electron chi connectivity index (χ0n) is 15.5. The number of aromatic nitrogens is 2. The van der Waals surface area contributed by atoms with Gasteiger partial charge in [0.1, 0.15) is 5.15 Å². The Morgan fingerprint density at radius 1 is 1.41 bits per heavy atom. The van der Waals surface area contributed by atoms with Crippen LogP contribution in [0.1, 0.15) is 30.7 Å². The number of aryl methyl sites for hydroxylation is 1. The normalized spacial score (nSPS) is 12.8. The van der Waals surface area contributed by atoms with Crippen molar-refractivity contribution in [3.05, 3.63) is 40.2 Å². The summed E-state index contributed by atoms with van der Waals surface area (Å²) in [4.78, 5) is 0. The summed E-state index contributed by atoms with van der Waals surface area (Å²) in [5.74, 6) is 1.96. The molecule has 0 amide bonds. The molecule has 2 aromatic rings. The van der Waals surface area contributed by atoms with Gasteiger partial charge in [-0.15, -0.1) is 0 Å². The molecule has 2 N–H and O–H groups in total. The van der Waals surface area contributed by atoms with Crippen LogP contribution in [0.5, 0.6) is 11.5 Å². The Labute approximate surface area is 168 Å². The van der Waals surface area contributed by atoms with Crippen LogP contribution in [0.25, 0.3) is 0 Å². The smallest absolute Gasteiger partial charge is 0.231 e. The first-order valence-corrected chi connectivity index (χ1v) is 9.41. The summed E-state index contributed by atoms with van der Waals surface area (Å²) in [6.07, 6.45) is 1.63. The van der Waals surface area contributed by atoms with Gasteiger partial charge in [-0.05, 0) is 42.8 Å². The molecule has 0 unspecified atom stereocenters. The number of nitrogens with zero attached hydrogens (tertiary/aromatic N) is 3. The number of halogens is 1. The highest BCUT2D eigenvalue weighted by atomic mass is 35.5. The number of fused-ring (bicyclic) bond motifs is 1. The molecular formula is C18H22ClN5O2S. The monoisotopic (exact) mass is 407 g/mol. The average molecular weight is 408 g/mol. The van der Waals surface area contributed by atoms with E-state index in [1.54, 1.807) is 10.9 Å². The molecule has 1 aliphatic heterocycles. The maximum atomic E-state index is 6.39. The van der Waals surface area contributed by atoms with Crippen molar-refractivity contribution in [3.8, 4) is 11.5 Å². The fourth-order valence-electron chi connectivity index (χ4n) is 2.61. The van der Waals surface area contributed by atoms with Crippen LogP contribution in [0.2, 0.25) is 5.15 Å². The standard InChI is InChI=1S/C18H22ClN5O2S/c1-11(2)9-24-17(19)14(12(3)23-24)8-21-22-18(27)20-7-13-4-5-15-16(6-13)26-10-25-15/h4-6,8,11H,7,9-10H2,1-3H3,(H2,20,22,27)/b21-8-. The molecule has 9 heteroatoms. The van der Waals surface area contributed by atoms with Gasteiger partial charge >= 0.3 is 0 Å². The highest BCUT2D eigenvalue weighted by molar-refractivity contribution is 7.80. The number of hydrogen-bond donors (Lipinski definition) is 2. The van der Waals surface area contributed by atoms with Crippen LogP contribution in [0.4, 0.5) is 0 Å². The van der Waals surface area contributed by atoms with E-state index in [2.05, 4.69) is 34.8 Å². The van der Waals surface area contributed by atoms with Gasteiger partial charge in [-0.25, -0.2) is 0 Å². The minimum Gasteiger partial charge on any atom is -0.454 e. The van der Waals surface area contributed by atoms with Gasteiger partial charge in [0.05, 0.1) is 17.5 Å². The first kappa shape index (κ1) is 19.4. The second kappa shape index (κ2) is 8.58. The van der Waals surface area contributed by atoms with Crippen molar-refractivity contribution in [2.24, 2.45) is 11.0 Å². The van der Waals surface area contributed by atoms with E-state index in [4.69, 9.17) is 33.3 Å². The third-order valence-electron chi connectivity index (χ3n) is 3.90. The molecule has 27 heavy (non-hydrogen) atoms. The van der Waals surface area contributed by atoms with Crippen LogP contribution in [0.3, 0.4) is 0 Å². The van der Waals surface area contributed by atoms with E-state index in [9.17, 15) is 0 Å². The number of nitrogens with one attached hydrogen (secondary N) is 2. The van der Waals surface area contributed by atoms with Crippen LogP contribution in [0, 0.1) is 12.8 Å². The second-order valence-corrected chi connectivity index (χ2v) is 7.37. The molecule has 0 spiro atoms. The number of hydrazone groups is 1. The van der Waals surface area contributed by atoms with Crippen LogP contribution in [-0.4, -0.2) is 27.9 Å². The molecule has 0 saturated heterocycles. The summed E-state index contributed by atoms with van der Waals surface area (Å²) in [5.41, 5.74) is 5.43. The summed E-state index contributed by atoms with van der Waals surface area (Å²) in [6, 6.07) is 5.76. The quantitative estimate of drug-likeness (QED) is 0.435. The number of rotatable bonds is 6. The van der Waals surface area contributed by atoms with Crippen molar-refractivity contribution in [2.45, 2.75) is 33.9 Å². The molecule has 2 heterocycles. The van der Waals surface area contributed by atoms with E-state index < -0.39 is 0 Å². The average Bonchev–Trinajstić information content (AvgIpc) is 3.18. The van der Waals surface area contributed by atoms with Gasteiger partial charge in [0.25, 0.3) is 0 Å². The van der Waals surface area contributed by atoms with Crippen LogP contribution in [-0.2, 0) is 13.1 Å². The number of thiocarbonyl (C=S) groups is 1. The molecule has 1 aromatic carbocycles. The minimum atomic E-state index is 0.261. The van der Waals surface area contributed by atoms with Crippen molar-refractivity contribution in [3.63, 3.8) is 0 Å². The number of hydrogen-bond acceptors (Lipinski definition) is 5. The summed E-state index contributed by atoms with van der Waals surface area (Å²) in [7, 11) is 0. The zero-order chi connectivity index (χ0) is 19.4. The Hall–Kier alpha value is -2.32. The van der Waals surface area contributed by atoms with E-state index in [0.29, 0.717) is 22.7 Å². The molecule has 0 aliphatic carbocycles. The van der Waals surface area contributed by atoms with Gasteiger partial charge in [-0.2, -0.15) is 10.2 Å². The molecule has 0 atom stereocenters. The fraction of sp³-hybridized carbons (Fsp3) is 0.389. The maximum Gasteiger partial charge on any atom is 0.231 e. The van der Waals surface area contributed by atoms with Crippen molar-refractivity contribution >= 4 is 35.1 Å². The van der Waals surface area contributed by atoms with Gasteiger partial charge < -0.3 is 14.8 Å². The second-order valence-electron chi connectivity index (χ2n) is 6.61. The van der Waals surface area contributed by atoms with Gasteiger partial charge in [-0.1, -0.05) is 31.5 Å². The summed E-state index contributed by atoms with van der Waals surface area (Å²) >= 11 is 11.6. The van der Waals surface area contributed by atoms with Gasteiger partial charge in [0.2, 0.25) is 6.79 Å². The lowest BCUT2D eigenvalue weighted by atomic mass is 10.2. The largest absolute Gasteiger partial charge is 0.454 e. The SMILES string of the molecule is Cc1nn(CC(C)C)c(Cl)c1/C=N\NC(=S)NCc1ccc2c(c1)OCO2. The van der Waals surface area contributed by atoms with Crippen LogP contribution in [0.15, 0.2) is 23.3 Å². The third kappa shape index (κ3) is 4.90. The lowest BCUT2D eigenvalue weighted by Gasteiger charge is -2.07. The summed E-state index contributed by atoms with van der Waals surface area (Å²) < 4.78 is 12.5. The van der Waals surface area contributed by atoms with E-state index in [1.807, 2.05) is 25.1 Å². The molecule has 0 radical (unpaired) electrons. The Kier molecular flexibility index (Phi) is 6.18. The van der Waals surface area contributed by atoms with Crippen molar-refractivity contribution in [2.75, 3.05) is 6.79 Å². The Morgan fingerprint density at radius 3 is 2.96 bits per heavy atom. The lowest BCUT2D eigenvalue weighted by Crippen LogP contribution is -2.31. The van der Waals surface area contributed by atoms with Crippen molar-refractivity contribution < 1.29 is 9.47 Å². The predicted octanol–water partition coefficient (Wildman–Crippen LogP) is 3.23. The van der Waals surface area contributed by atoms with E-state index in [1.165, 1.54) is 0 Å². The molecule has 1 aromatic heterocycles. The Bertz CT molecular complexity index is 866.